The summed E-state index contributed by atoms with van der Waals surface area (Å²) in [7, 11) is 2.04. The minimum absolute atomic E-state index is 0.0721. The van der Waals surface area contributed by atoms with Gasteiger partial charge < -0.3 is 14.2 Å². The van der Waals surface area contributed by atoms with Gasteiger partial charge in [0, 0.05) is 37.8 Å². The standard InChI is InChI=1S/C20H26N6O3/c1-3-16-9-17(29-23-16)13-24(2)11-15-12-25(7-8-28-14-15)20(27)18-10-21-19-5-4-6-22-26(18)19/h4-6,9-10,15H,3,7-8,11-14H2,1-2H3. The van der Waals surface area contributed by atoms with E-state index < -0.39 is 0 Å². The van der Waals surface area contributed by atoms with E-state index in [1.807, 2.05) is 24.1 Å². The van der Waals surface area contributed by atoms with Gasteiger partial charge in [-0.25, -0.2) is 9.50 Å². The van der Waals surface area contributed by atoms with Gasteiger partial charge in [0.1, 0.15) is 0 Å². The quantitative estimate of drug-likeness (QED) is 0.622. The van der Waals surface area contributed by atoms with Crippen LogP contribution in [0, 0.1) is 5.92 Å². The second-order valence-electron chi connectivity index (χ2n) is 7.46. The monoisotopic (exact) mass is 398 g/mol. The molecule has 1 unspecified atom stereocenters. The van der Waals surface area contributed by atoms with Crippen molar-refractivity contribution >= 4 is 11.6 Å². The van der Waals surface area contributed by atoms with Gasteiger partial charge in [-0.3, -0.25) is 9.69 Å². The maximum atomic E-state index is 13.1. The molecule has 29 heavy (non-hydrogen) atoms. The lowest BCUT2D eigenvalue weighted by Crippen LogP contribution is -2.39. The third-order valence-electron chi connectivity index (χ3n) is 5.09. The van der Waals surface area contributed by atoms with Crippen LogP contribution in [0.5, 0.6) is 0 Å². The first-order valence-electron chi connectivity index (χ1n) is 9.93. The summed E-state index contributed by atoms with van der Waals surface area (Å²) in [6.45, 7) is 5.85. The molecule has 0 N–H and O–H groups in total. The molecule has 0 bridgehead atoms. The molecular formula is C20H26N6O3. The van der Waals surface area contributed by atoms with Crippen molar-refractivity contribution in [3.05, 3.63) is 47.7 Å². The Morgan fingerprint density at radius 1 is 1.41 bits per heavy atom. The molecule has 3 aromatic rings. The molecule has 3 aromatic heterocycles. The second-order valence-corrected chi connectivity index (χ2v) is 7.46. The number of fused-ring (bicyclic) bond motifs is 1. The van der Waals surface area contributed by atoms with E-state index in [1.165, 1.54) is 0 Å². The van der Waals surface area contributed by atoms with Crippen LogP contribution in [0.4, 0.5) is 0 Å². The topological polar surface area (TPSA) is 89.0 Å². The van der Waals surface area contributed by atoms with E-state index >= 15 is 0 Å². The number of hydrogen-bond donors (Lipinski definition) is 0. The first-order chi connectivity index (χ1) is 14.1. The summed E-state index contributed by atoms with van der Waals surface area (Å²) in [5.41, 5.74) is 2.10. The fourth-order valence-electron chi connectivity index (χ4n) is 3.68. The Balaban J connectivity index is 1.41. The van der Waals surface area contributed by atoms with E-state index in [4.69, 9.17) is 9.26 Å². The summed E-state index contributed by atoms with van der Waals surface area (Å²) >= 11 is 0. The molecule has 0 aliphatic carbocycles. The maximum absolute atomic E-state index is 13.1. The smallest absolute Gasteiger partial charge is 0.274 e. The number of nitrogens with zero attached hydrogens (tertiary/aromatic N) is 6. The van der Waals surface area contributed by atoms with Crippen molar-refractivity contribution in [2.24, 2.45) is 5.92 Å². The number of carbonyl (C=O) groups excluding carboxylic acids is 1. The van der Waals surface area contributed by atoms with E-state index in [0.717, 1.165) is 24.4 Å². The van der Waals surface area contributed by atoms with E-state index in [9.17, 15) is 4.79 Å². The molecule has 1 aliphatic rings. The highest BCUT2D eigenvalue weighted by atomic mass is 16.5. The normalized spacial score (nSPS) is 17.8. The van der Waals surface area contributed by atoms with Crippen LogP contribution < -0.4 is 0 Å². The van der Waals surface area contributed by atoms with Crippen LogP contribution in [0.15, 0.2) is 35.1 Å². The van der Waals surface area contributed by atoms with Gasteiger partial charge in [0.05, 0.1) is 31.6 Å². The number of hydrogen-bond acceptors (Lipinski definition) is 7. The number of ether oxygens (including phenoxy) is 1. The average molecular weight is 398 g/mol. The average Bonchev–Trinajstić information content (AvgIpc) is 3.29. The molecule has 9 heteroatoms. The number of aromatic nitrogens is 4. The highest BCUT2D eigenvalue weighted by Gasteiger charge is 2.26. The van der Waals surface area contributed by atoms with Gasteiger partial charge >= 0.3 is 0 Å². The Hall–Kier alpha value is -2.78. The largest absolute Gasteiger partial charge is 0.379 e. The van der Waals surface area contributed by atoms with Gasteiger partial charge in [0.15, 0.2) is 17.1 Å². The number of aryl methyl sites for hydroxylation is 1. The van der Waals surface area contributed by atoms with Crippen molar-refractivity contribution in [1.82, 2.24) is 29.6 Å². The minimum Gasteiger partial charge on any atom is -0.379 e. The molecular weight excluding hydrogens is 372 g/mol. The Morgan fingerprint density at radius 2 is 2.31 bits per heavy atom. The lowest BCUT2D eigenvalue weighted by Gasteiger charge is -2.26. The van der Waals surface area contributed by atoms with Crippen LogP contribution in [0.2, 0.25) is 0 Å². The predicted octanol–water partition coefficient (Wildman–Crippen LogP) is 1.50. The molecule has 4 heterocycles. The molecule has 4 rings (SSSR count). The van der Waals surface area contributed by atoms with Crippen LogP contribution in [0.1, 0.15) is 28.9 Å². The number of carbonyl (C=O) groups is 1. The summed E-state index contributed by atoms with van der Waals surface area (Å²) in [5, 5.41) is 8.30. The Labute approximate surface area is 169 Å². The Bertz CT molecular complexity index is 968. The predicted molar refractivity (Wildman–Crippen MR) is 105 cm³/mol. The Kier molecular flexibility index (Phi) is 5.86. The molecule has 1 aliphatic heterocycles. The highest BCUT2D eigenvalue weighted by Crippen LogP contribution is 2.15. The molecule has 0 saturated carbocycles. The van der Waals surface area contributed by atoms with Gasteiger partial charge in [0.2, 0.25) is 0 Å². The SMILES string of the molecule is CCc1cc(CN(C)CC2COCCN(C(=O)c3cnc4cccnn34)C2)on1. The molecule has 1 atom stereocenters. The zero-order valence-corrected chi connectivity index (χ0v) is 16.8. The van der Waals surface area contributed by atoms with E-state index in [-0.39, 0.29) is 11.8 Å². The van der Waals surface area contributed by atoms with Crippen molar-refractivity contribution in [1.29, 1.82) is 0 Å². The summed E-state index contributed by atoms with van der Waals surface area (Å²) in [6, 6.07) is 5.63. The van der Waals surface area contributed by atoms with Crippen LogP contribution in [0.3, 0.4) is 0 Å². The zero-order valence-electron chi connectivity index (χ0n) is 16.8. The maximum Gasteiger partial charge on any atom is 0.274 e. The van der Waals surface area contributed by atoms with Gasteiger partial charge in [-0.05, 0) is 25.6 Å². The summed E-state index contributed by atoms with van der Waals surface area (Å²) in [4.78, 5) is 21.4. The fourth-order valence-corrected chi connectivity index (χ4v) is 3.68. The van der Waals surface area contributed by atoms with Gasteiger partial charge in [-0.1, -0.05) is 12.1 Å². The summed E-state index contributed by atoms with van der Waals surface area (Å²) in [6.07, 6.45) is 4.11. The van der Waals surface area contributed by atoms with Crippen molar-refractivity contribution in [2.45, 2.75) is 19.9 Å². The van der Waals surface area contributed by atoms with Gasteiger partial charge in [-0.15, -0.1) is 0 Å². The van der Waals surface area contributed by atoms with Crippen LogP contribution in [-0.4, -0.2) is 75.4 Å². The number of rotatable bonds is 6. The fraction of sp³-hybridized carbons (Fsp3) is 0.500. The van der Waals surface area contributed by atoms with E-state index in [1.54, 1.807) is 23.0 Å². The van der Waals surface area contributed by atoms with E-state index in [0.29, 0.717) is 44.2 Å². The van der Waals surface area contributed by atoms with Gasteiger partial charge in [0.25, 0.3) is 5.91 Å². The summed E-state index contributed by atoms with van der Waals surface area (Å²) in [5.74, 6) is 0.980. The highest BCUT2D eigenvalue weighted by molar-refractivity contribution is 5.93. The molecule has 0 aromatic carbocycles. The first kappa shape index (κ1) is 19.5. The van der Waals surface area contributed by atoms with Gasteiger partial charge in [-0.2, -0.15) is 5.10 Å². The molecule has 9 nitrogen and oxygen atoms in total. The molecule has 1 saturated heterocycles. The van der Waals surface area contributed by atoms with Crippen molar-refractivity contribution in [3.8, 4) is 0 Å². The third-order valence-corrected chi connectivity index (χ3v) is 5.09. The lowest BCUT2D eigenvalue weighted by atomic mass is 10.1. The van der Waals surface area contributed by atoms with Crippen LogP contribution in [-0.2, 0) is 17.7 Å². The van der Waals surface area contributed by atoms with Crippen molar-refractivity contribution in [3.63, 3.8) is 0 Å². The number of amides is 1. The zero-order chi connectivity index (χ0) is 20.2. The van der Waals surface area contributed by atoms with Crippen molar-refractivity contribution < 1.29 is 14.1 Å². The number of imidazole rings is 1. The second kappa shape index (κ2) is 8.71. The molecule has 0 radical (unpaired) electrons. The van der Waals surface area contributed by atoms with E-state index in [2.05, 4.69) is 27.1 Å². The summed E-state index contributed by atoms with van der Waals surface area (Å²) < 4.78 is 12.7. The molecule has 154 valence electrons. The van der Waals surface area contributed by atoms with Crippen LogP contribution >= 0.6 is 0 Å². The van der Waals surface area contributed by atoms with Crippen molar-refractivity contribution in [2.75, 3.05) is 39.9 Å². The van der Waals surface area contributed by atoms with Crippen LogP contribution in [0.25, 0.3) is 5.65 Å². The first-order valence-corrected chi connectivity index (χ1v) is 9.93. The molecule has 1 amide bonds. The third kappa shape index (κ3) is 4.46. The minimum atomic E-state index is -0.0721. The Morgan fingerprint density at radius 3 is 3.14 bits per heavy atom. The molecule has 0 spiro atoms. The molecule has 1 fully saturated rings. The lowest BCUT2D eigenvalue weighted by molar-refractivity contribution is 0.0724.